The largest absolute Gasteiger partial charge is 0.491 e. The summed E-state index contributed by atoms with van der Waals surface area (Å²) in [4.78, 5) is 11.8. The Bertz CT molecular complexity index is 849. The van der Waals surface area contributed by atoms with Gasteiger partial charge in [0, 0.05) is 12.1 Å². The molecule has 0 aliphatic rings. The molecule has 0 aliphatic heterocycles. The second-order valence-electron chi connectivity index (χ2n) is 11.7. The number of ether oxygens (including phenoxy) is 11. The first-order valence-electron chi connectivity index (χ1n) is 19.1. The van der Waals surface area contributed by atoms with Crippen LogP contribution in [0.2, 0.25) is 0 Å². The number of hydrogen-bond acceptors (Lipinski definition) is 13. The molecule has 0 aromatic heterocycles. The normalized spacial score (nSPS) is 11.3. The van der Waals surface area contributed by atoms with Crippen molar-refractivity contribution in [1.29, 1.82) is 0 Å². The van der Waals surface area contributed by atoms with E-state index in [1.54, 1.807) is 12.1 Å². The highest BCUT2D eigenvalue weighted by Crippen LogP contribution is 2.13. The molecule has 1 rings (SSSR count). The van der Waals surface area contributed by atoms with E-state index in [1.165, 1.54) is 44.9 Å². The predicted molar refractivity (Wildman–Crippen MR) is 197 cm³/mol. The van der Waals surface area contributed by atoms with Crippen LogP contribution in [-0.4, -0.2) is 138 Å². The molecule has 0 fully saturated rings. The molecular weight excluding hydrogens is 662 g/mol. The van der Waals surface area contributed by atoms with Gasteiger partial charge in [-0.2, -0.15) is 0 Å². The highest BCUT2D eigenvalue weighted by Gasteiger charge is 2.03. The number of carbonyl (C=O) groups is 1. The fourth-order valence-electron chi connectivity index (χ4n) is 4.51. The molecule has 1 aromatic carbocycles. The summed E-state index contributed by atoms with van der Waals surface area (Å²) < 4.78 is 60.1. The van der Waals surface area contributed by atoms with E-state index in [0.717, 1.165) is 18.6 Å². The molecule has 0 amide bonds. The Balaban J connectivity index is 1.64. The third kappa shape index (κ3) is 36.1. The molecule has 0 spiro atoms. The minimum absolute atomic E-state index is 0.137. The minimum Gasteiger partial charge on any atom is -0.491 e. The summed E-state index contributed by atoms with van der Waals surface area (Å²) in [5.41, 5.74) is 6.35. The average molecular weight is 732 g/mol. The van der Waals surface area contributed by atoms with Gasteiger partial charge in [0.05, 0.1) is 119 Å². The summed E-state index contributed by atoms with van der Waals surface area (Å²) in [6.07, 6.45) is 11.6. The first kappa shape index (κ1) is 47.0. The molecule has 0 radical (unpaired) electrons. The molecule has 0 unspecified atom stereocenters. The highest BCUT2D eigenvalue weighted by molar-refractivity contribution is 5.69. The van der Waals surface area contributed by atoms with Gasteiger partial charge in [0.15, 0.2) is 0 Å². The molecule has 0 atom stereocenters. The van der Waals surface area contributed by atoms with E-state index < -0.39 is 0 Å². The lowest BCUT2D eigenvalue weighted by Gasteiger charge is -2.09. The van der Waals surface area contributed by atoms with E-state index in [2.05, 4.69) is 6.92 Å². The van der Waals surface area contributed by atoms with Crippen molar-refractivity contribution in [3.63, 3.8) is 0 Å². The lowest BCUT2D eigenvalue weighted by atomic mass is 10.1. The zero-order chi connectivity index (χ0) is 36.6. The first-order chi connectivity index (χ1) is 25.2. The van der Waals surface area contributed by atoms with Gasteiger partial charge in [0.25, 0.3) is 0 Å². The van der Waals surface area contributed by atoms with E-state index in [0.29, 0.717) is 138 Å². The number of rotatable bonds is 41. The summed E-state index contributed by atoms with van der Waals surface area (Å²) in [6.45, 7) is 11.8. The van der Waals surface area contributed by atoms with Crippen molar-refractivity contribution in [3.05, 3.63) is 24.3 Å². The summed E-state index contributed by atoms with van der Waals surface area (Å²) >= 11 is 0. The van der Waals surface area contributed by atoms with Crippen LogP contribution in [0.4, 0.5) is 5.69 Å². The van der Waals surface area contributed by atoms with Crippen molar-refractivity contribution in [3.8, 4) is 5.75 Å². The SMILES string of the molecule is CCCCCCCCCCCC(=O)OCCOCCOCCOCCOCCOCCOCCOCCOCCOCCOc1ccc(N)cc1. The van der Waals surface area contributed by atoms with E-state index in [4.69, 9.17) is 57.8 Å². The maximum atomic E-state index is 11.8. The third-order valence-corrected chi connectivity index (χ3v) is 7.33. The lowest BCUT2D eigenvalue weighted by molar-refractivity contribution is -0.145. The maximum Gasteiger partial charge on any atom is 0.305 e. The predicted octanol–water partition coefficient (Wildman–Crippen LogP) is 5.26. The Kier molecular flexibility index (Phi) is 36.0. The Morgan fingerprint density at radius 1 is 0.431 bits per heavy atom. The van der Waals surface area contributed by atoms with Crippen LogP contribution in [0.1, 0.15) is 71.1 Å². The van der Waals surface area contributed by atoms with E-state index >= 15 is 0 Å². The van der Waals surface area contributed by atoms with Gasteiger partial charge in [0.2, 0.25) is 0 Å². The number of esters is 1. The number of nitrogens with two attached hydrogens (primary N) is 1. The van der Waals surface area contributed by atoms with Crippen molar-refractivity contribution < 1.29 is 56.9 Å². The van der Waals surface area contributed by atoms with Crippen LogP contribution in [0.25, 0.3) is 0 Å². The number of unbranched alkanes of at least 4 members (excludes halogenated alkanes) is 8. The molecular formula is C38H69NO12. The Hall–Kier alpha value is -2.07. The maximum absolute atomic E-state index is 11.8. The van der Waals surface area contributed by atoms with Crippen molar-refractivity contribution in [2.24, 2.45) is 0 Å². The molecule has 0 heterocycles. The van der Waals surface area contributed by atoms with Crippen molar-refractivity contribution in [1.82, 2.24) is 0 Å². The quantitative estimate of drug-likeness (QED) is 0.0532. The van der Waals surface area contributed by atoms with Crippen LogP contribution in [0.5, 0.6) is 5.75 Å². The zero-order valence-corrected chi connectivity index (χ0v) is 31.5. The fourth-order valence-corrected chi connectivity index (χ4v) is 4.51. The molecule has 2 N–H and O–H groups in total. The fraction of sp³-hybridized carbons (Fsp3) is 0.816. The topological polar surface area (TPSA) is 145 Å². The number of anilines is 1. The molecule has 298 valence electrons. The molecule has 13 heteroatoms. The summed E-state index contributed by atoms with van der Waals surface area (Å²) in [5, 5.41) is 0. The number of nitrogen functional groups attached to an aromatic ring is 1. The van der Waals surface area contributed by atoms with Crippen LogP contribution in [-0.2, 0) is 52.2 Å². The third-order valence-electron chi connectivity index (χ3n) is 7.33. The molecule has 0 aliphatic carbocycles. The Morgan fingerprint density at radius 3 is 1.12 bits per heavy atom. The zero-order valence-electron chi connectivity index (χ0n) is 31.5. The molecule has 0 saturated carbocycles. The monoisotopic (exact) mass is 731 g/mol. The van der Waals surface area contributed by atoms with E-state index in [9.17, 15) is 4.79 Å². The van der Waals surface area contributed by atoms with Gasteiger partial charge < -0.3 is 57.8 Å². The van der Waals surface area contributed by atoms with Crippen molar-refractivity contribution in [2.75, 3.05) is 138 Å². The van der Waals surface area contributed by atoms with Gasteiger partial charge in [0.1, 0.15) is 19.0 Å². The van der Waals surface area contributed by atoms with Crippen molar-refractivity contribution in [2.45, 2.75) is 71.1 Å². The summed E-state index contributed by atoms with van der Waals surface area (Å²) in [5.74, 6) is 0.633. The van der Waals surface area contributed by atoms with Crippen molar-refractivity contribution >= 4 is 11.7 Å². The van der Waals surface area contributed by atoms with Crippen LogP contribution in [0.15, 0.2) is 24.3 Å². The van der Waals surface area contributed by atoms with Crippen LogP contribution >= 0.6 is 0 Å². The Labute approximate surface area is 307 Å². The second kappa shape index (κ2) is 39.1. The van der Waals surface area contributed by atoms with E-state index in [1.807, 2.05) is 12.1 Å². The minimum atomic E-state index is -0.137. The number of hydrogen-bond donors (Lipinski definition) is 1. The van der Waals surface area contributed by atoms with Gasteiger partial charge >= 0.3 is 5.97 Å². The van der Waals surface area contributed by atoms with Crippen LogP contribution < -0.4 is 10.5 Å². The lowest BCUT2D eigenvalue weighted by Crippen LogP contribution is -2.15. The molecule has 1 aromatic rings. The van der Waals surface area contributed by atoms with Gasteiger partial charge in [-0.05, 0) is 30.7 Å². The smallest absolute Gasteiger partial charge is 0.305 e. The highest BCUT2D eigenvalue weighted by atomic mass is 16.6. The van der Waals surface area contributed by atoms with Crippen LogP contribution in [0.3, 0.4) is 0 Å². The molecule has 0 bridgehead atoms. The molecule has 0 saturated heterocycles. The van der Waals surface area contributed by atoms with Gasteiger partial charge in [-0.25, -0.2) is 0 Å². The number of benzene rings is 1. The summed E-state index contributed by atoms with van der Waals surface area (Å²) in [7, 11) is 0. The number of carbonyl (C=O) groups excluding carboxylic acids is 1. The molecule has 51 heavy (non-hydrogen) atoms. The van der Waals surface area contributed by atoms with Gasteiger partial charge in [-0.3, -0.25) is 4.79 Å². The summed E-state index contributed by atoms with van der Waals surface area (Å²) in [6, 6.07) is 7.26. The van der Waals surface area contributed by atoms with E-state index in [-0.39, 0.29) is 12.6 Å². The van der Waals surface area contributed by atoms with Gasteiger partial charge in [-0.1, -0.05) is 58.3 Å². The average Bonchev–Trinajstić information content (AvgIpc) is 3.14. The molecule has 13 nitrogen and oxygen atoms in total. The second-order valence-corrected chi connectivity index (χ2v) is 11.7. The van der Waals surface area contributed by atoms with Gasteiger partial charge in [-0.15, -0.1) is 0 Å². The van der Waals surface area contributed by atoms with Crippen LogP contribution in [0, 0.1) is 0 Å². The first-order valence-corrected chi connectivity index (χ1v) is 19.1. The standard InChI is InChI=1S/C38H69NO12/c1-2-3-4-5-6-7-8-9-10-11-38(40)51-35-33-49-31-29-47-27-25-45-23-21-43-19-17-41-16-18-42-20-22-44-24-26-46-28-30-48-32-34-50-37-14-12-36(39)13-15-37/h12-15H,2-11,16-35,39H2,1H3. The Morgan fingerprint density at radius 2 is 0.745 bits per heavy atom.